The molecule has 0 aromatic carbocycles. The number of nitrogens with one attached hydrogen (secondary N) is 3. The maximum atomic E-state index is 11.8. The molecule has 0 bridgehead atoms. The standard InChI is InChI=1S/C10H16N4O2/c15-9-2-1-8(13-14-9)10(16)12-7-3-5-11-6-4-7/h7,11H,1-6H2,(H,12,16)(H,14,15). The number of hydrogen-bond acceptors (Lipinski definition) is 4. The van der Waals surface area contributed by atoms with Crippen LogP contribution in [-0.2, 0) is 9.59 Å². The molecular weight excluding hydrogens is 208 g/mol. The largest absolute Gasteiger partial charge is 0.348 e. The molecule has 2 rings (SSSR count). The number of piperidine rings is 1. The summed E-state index contributed by atoms with van der Waals surface area (Å²) in [7, 11) is 0. The summed E-state index contributed by atoms with van der Waals surface area (Å²) < 4.78 is 0. The van der Waals surface area contributed by atoms with E-state index in [4.69, 9.17) is 0 Å². The molecule has 6 heteroatoms. The van der Waals surface area contributed by atoms with Crippen molar-refractivity contribution in [3.8, 4) is 0 Å². The minimum atomic E-state index is -0.146. The van der Waals surface area contributed by atoms with Gasteiger partial charge in [-0.15, -0.1) is 0 Å². The molecule has 3 N–H and O–H groups in total. The maximum absolute atomic E-state index is 11.8. The van der Waals surface area contributed by atoms with Crippen molar-refractivity contribution >= 4 is 17.5 Å². The summed E-state index contributed by atoms with van der Waals surface area (Å²) >= 11 is 0. The first-order valence-corrected chi connectivity index (χ1v) is 5.62. The van der Waals surface area contributed by atoms with Crippen molar-refractivity contribution in [3.05, 3.63) is 0 Å². The first kappa shape index (κ1) is 11.1. The summed E-state index contributed by atoms with van der Waals surface area (Å²) in [6.07, 6.45) is 2.68. The molecule has 0 aromatic heterocycles. The van der Waals surface area contributed by atoms with E-state index in [0.717, 1.165) is 25.9 Å². The van der Waals surface area contributed by atoms with E-state index >= 15 is 0 Å². The lowest BCUT2D eigenvalue weighted by molar-refractivity contribution is -0.121. The minimum Gasteiger partial charge on any atom is -0.348 e. The average molecular weight is 224 g/mol. The van der Waals surface area contributed by atoms with E-state index in [1.807, 2.05) is 0 Å². The predicted molar refractivity (Wildman–Crippen MR) is 58.8 cm³/mol. The monoisotopic (exact) mass is 224 g/mol. The number of nitrogens with zero attached hydrogens (tertiary/aromatic N) is 1. The van der Waals surface area contributed by atoms with Crippen molar-refractivity contribution in [2.24, 2.45) is 5.10 Å². The molecule has 2 aliphatic heterocycles. The Morgan fingerprint density at radius 2 is 2.06 bits per heavy atom. The Balaban J connectivity index is 1.85. The Morgan fingerprint density at radius 3 is 2.69 bits per heavy atom. The van der Waals surface area contributed by atoms with Crippen LogP contribution in [0.5, 0.6) is 0 Å². The van der Waals surface area contributed by atoms with Crippen molar-refractivity contribution in [1.29, 1.82) is 0 Å². The quantitative estimate of drug-likeness (QED) is 0.569. The van der Waals surface area contributed by atoms with Gasteiger partial charge in [0.1, 0.15) is 5.71 Å². The number of carbonyl (C=O) groups excluding carboxylic acids is 2. The molecule has 16 heavy (non-hydrogen) atoms. The van der Waals surface area contributed by atoms with Crippen LogP contribution in [0, 0.1) is 0 Å². The van der Waals surface area contributed by atoms with Gasteiger partial charge >= 0.3 is 0 Å². The van der Waals surface area contributed by atoms with Gasteiger partial charge in [-0.1, -0.05) is 0 Å². The molecule has 0 unspecified atom stereocenters. The molecule has 0 aliphatic carbocycles. The Hall–Kier alpha value is -1.43. The van der Waals surface area contributed by atoms with Crippen LogP contribution < -0.4 is 16.1 Å². The second kappa shape index (κ2) is 5.07. The number of hydrazone groups is 1. The number of amides is 2. The molecule has 0 radical (unpaired) electrons. The van der Waals surface area contributed by atoms with Crippen LogP contribution in [0.4, 0.5) is 0 Å². The van der Waals surface area contributed by atoms with Crippen molar-refractivity contribution < 1.29 is 9.59 Å². The Morgan fingerprint density at radius 1 is 1.31 bits per heavy atom. The molecule has 1 fully saturated rings. The summed E-state index contributed by atoms with van der Waals surface area (Å²) in [5.74, 6) is -0.273. The molecule has 2 heterocycles. The minimum absolute atomic E-state index is 0.126. The first-order chi connectivity index (χ1) is 7.75. The summed E-state index contributed by atoms with van der Waals surface area (Å²) in [5.41, 5.74) is 2.75. The SMILES string of the molecule is O=C1CCC(C(=O)NC2CCNCC2)=NN1. The van der Waals surface area contributed by atoms with Crippen molar-refractivity contribution in [2.75, 3.05) is 13.1 Å². The van der Waals surface area contributed by atoms with Crippen molar-refractivity contribution in [2.45, 2.75) is 31.7 Å². The number of hydrogen-bond donors (Lipinski definition) is 3. The van der Waals surface area contributed by atoms with Gasteiger partial charge in [0, 0.05) is 18.9 Å². The van der Waals surface area contributed by atoms with Gasteiger partial charge in [-0.05, 0) is 25.9 Å². The zero-order valence-electron chi connectivity index (χ0n) is 9.08. The summed E-state index contributed by atoms with van der Waals surface area (Å²) in [5, 5.41) is 9.94. The molecule has 1 saturated heterocycles. The zero-order valence-corrected chi connectivity index (χ0v) is 9.08. The van der Waals surface area contributed by atoms with Gasteiger partial charge in [0.15, 0.2) is 0 Å². The number of carbonyl (C=O) groups is 2. The second-order valence-electron chi connectivity index (χ2n) is 4.09. The number of rotatable bonds is 2. The van der Waals surface area contributed by atoms with Gasteiger partial charge in [-0.2, -0.15) is 5.10 Å². The van der Waals surface area contributed by atoms with Gasteiger partial charge in [0.05, 0.1) is 0 Å². The summed E-state index contributed by atoms with van der Waals surface area (Å²) in [6.45, 7) is 1.88. The van der Waals surface area contributed by atoms with Gasteiger partial charge < -0.3 is 10.6 Å². The predicted octanol–water partition coefficient (Wildman–Crippen LogP) is -0.879. The van der Waals surface area contributed by atoms with Crippen LogP contribution in [0.2, 0.25) is 0 Å². The molecule has 0 atom stereocenters. The van der Waals surface area contributed by atoms with E-state index in [2.05, 4.69) is 21.2 Å². The van der Waals surface area contributed by atoms with Gasteiger partial charge in [-0.25, -0.2) is 5.43 Å². The third-order valence-electron chi connectivity index (χ3n) is 2.84. The van der Waals surface area contributed by atoms with E-state index in [-0.39, 0.29) is 17.9 Å². The van der Waals surface area contributed by atoms with Gasteiger partial charge in [-0.3, -0.25) is 9.59 Å². The van der Waals surface area contributed by atoms with Crippen LogP contribution in [0.15, 0.2) is 5.10 Å². The highest BCUT2D eigenvalue weighted by Gasteiger charge is 2.21. The highest BCUT2D eigenvalue weighted by molar-refractivity contribution is 6.39. The third-order valence-corrected chi connectivity index (χ3v) is 2.84. The van der Waals surface area contributed by atoms with Crippen LogP contribution in [0.3, 0.4) is 0 Å². The molecule has 0 spiro atoms. The first-order valence-electron chi connectivity index (χ1n) is 5.62. The molecule has 2 amide bonds. The lowest BCUT2D eigenvalue weighted by atomic mass is 10.1. The summed E-state index contributed by atoms with van der Waals surface area (Å²) in [6, 6.07) is 0.231. The van der Waals surface area contributed by atoms with Crippen LogP contribution >= 0.6 is 0 Å². The van der Waals surface area contributed by atoms with Crippen LogP contribution in [-0.4, -0.2) is 36.7 Å². The molecule has 88 valence electrons. The van der Waals surface area contributed by atoms with E-state index in [1.165, 1.54) is 0 Å². The second-order valence-corrected chi connectivity index (χ2v) is 4.09. The Labute approximate surface area is 93.9 Å². The topological polar surface area (TPSA) is 82.6 Å². The maximum Gasteiger partial charge on any atom is 0.267 e. The van der Waals surface area contributed by atoms with Crippen LogP contribution in [0.1, 0.15) is 25.7 Å². The lowest BCUT2D eigenvalue weighted by Gasteiger charge is -2.24. The summed E-state index contributed by atoms with van der Waals surface area (Å²) in [4.78, 5) is 22.6. The van der Waals surface area contributed by atoms with Crippen molar-refractivity contribution in [3.63, 3.8) is 0 Å². The zero-order chi connectivity index (χ0) is 11.4. The van der Waals surface area contributed by atoms with Gasteiger partial charge in [0.25, 0.3) is 5.91 Å². The van der Waals surface area contributed by atoms with E-state index < -0.39 is 0 Å². The Bertz CT molecular complexity index is 321. The lowest BCUT2D eigenvalue weighted by Crippen LogP contribution is -2.46. The average Bonchev–Trinajstić information content (AvgIpc) is 2.31. The van der Waals surface area contributed by atoms with E-state index in [1.54, 1.807) is 0 Å². The highest BCUT2D eigenvalue weighted by atomic mass is 16.2. The fraction of sp³-hybridized carbons (Fsp3) is 0.700. The molecule has 2 aliphatic rings. The molecule has 0 saturated carbocycles. The molecular formula is C10H16N4O2. The smallest absolute Gasteiger partial charge is 0.267 e. The van der Waals surface area contributed by atoms with Crippen LogP contribution in [0.25, 0.3) is 0 Å². The molecule has 6 nitrogen and oxygen atoms in total. The fourth-order valence-corrected chi connectivity index (χ4v) is 1.87. The van der Waals surface area contributed by atoms with E-state index in [0.29, 0.717) is 18.6 Å². The fourth-order valence-electron chi connectivity index (χ4n) is 1.87. The normalized spacial score (nSPS) is 22.2. The third kappa shape index (κ3) is 2.79. The Kier molecular flexibility index (Phi) is 3.51. The van der Waals surface area contributed by atoms with Gasteiger partial charge in [0.2, 0.25) is 5.91 Å². The van der Waals surface area contributed by atoms with Crippen molar-refractivity contribution in [1.82, 2.24) is 16.1 Å². The van der Waals surface area contributed by atoms with E-state index in [9.17, 15) is 9.59 Å². The highest BCUT2D eigenvalue weighted by Crippen LogP contribution is 2.04. The molecule has 0 aromatic rings.